The minimum atomic E-state index is -0.894. The Kier molecular flexibility index (Phi) is 18.6. The van der Waals surface area contributed by atoms with Gasteiger partial charge in [-0.3, -0.25) is 14.6 Å². The van der Waals surface area contributed by atoms with Crippen LogP contribution in [0.3, 0.4) is 0 Å². The molecule has 2 atom stereocenters. The predicted molar refractivity (Wildman–Crippen MR) is 126 cm³/mol. The Bertz CT molecular complexity index is 644. The zero-order valence-electron chi connectivity index (χ0n) is 19.6. The molecule has 0 bridgehead atoms. The molecule has 1 rings (SSSR count). The SMILES string of the molecule is CCCCCCCCOC(=O)[C@H](CCCCN)NC(=O)[C@H](CC1=NC=NC1)NC(=O)CN.[Cu]. The Morgan fingerprint density at radius 1 is 1.03 bits per heavy atom. The number of unbranched alkanes of at least 4 members (excludes halogenated alkanes) is 6. The van der Waals surface area contributed by atoms with E-state index in [1.807, 2.05) is 0 Å². The van der Waals surface area contributed by atoms with Crippen LogP contribution in [0.5, 0.6) is 0 Å². The smallest absolute Gasteiger partial charge is 0.328 e. The maximum absolute atomic E-state index is 12.9. The average Bonchev–Trinajstić information content (AvgIpc) is 3.30. The van der Waals surface area contributed by atoms with Crippen molar-refractivity contribution < 1.29 is 36.2 Å². The van der Waals surface area contributed by atoms with Gasteiger partial charge in [-0.25, -0.2) is 9.79 Å². The number of carbonyl (C=O) groups is 3. The Morgan fingerprint density at radius 3 is 2.39 bits per heavy atom. The Morgan fingerprint density at radius 2 is 1.76 bits per heavy atom. The van der Waals surface area contributed by atoms with Crippen LogP contribution in [0.4, 0.5) is 0 Å². The number of amides is 2. The van der Waals surface area contributed by atoms with Gasteiger partial charge in [-0.05, 0) is 32.2 Å². The largest absolute Gasteiger partial charge is 0.464 e. The zero-order valence-corrected chi connectivity index (χ0v) is 20.6. The van der Waals surface area contributed by atoms with E-state index in [1.165, 1.54) is 25.6 Å². The van der Waals surface area contributed by atoms with Crippen molar-refractivity contribution in [3.63, 3.8) is 0 Å². The van der Waals surface area contributed by atoms with Crippen LogP contribution in [0.25, 0.3) is 0 Å². The van der Waals surface area contributed by atoms with Crippen molar-refractivity contribution in [1.29, 1.82) is 0 Å². The van der Waals surface area contributed by atoms with Crippen molar-refractivity contribution in [3.05, 3.63) is 0 Å². The predicted octanol–water partition coefficient (Wildman–Crippen LogP) is 0.818. The van der Waals surface area contributed by atoms with E-state index in [0.29, 0.717) is 38.2 Å². The van der Waals surface area contributed by atoms with E-state index >= 15 is 0 Å². The number of nitrogens with one attached hydrogen (secondary N) is 2. The fourth-order valence-corrected chi connectivity index (χ4v) is 3.29. The fraction of sp³-hybridized carbons (Fsp3) is 0.773. The normalized spacial score (nSPS) is 14.1. The first-order valence-corrected chi connectivity index (χ1v) is 11.7. The number of nitrogens with two attached hydrogens (primary N) is 2. The van der Waals surface area contributed by atoms with Crippen molar-refractivity contribution in [2.75, 3.05) is 26.2 Å². The molecule has 11 heteroatoms. The summed E-state index contributed by atoms with van der Waals surface area (Å²) in [6.45, 7) is 3.13. The number of hydrogen-bond acceptors (Lipinski definition) is 8. The van der Waals surface area contributed by atoms with Crippen LogP contribution in [0.2, 0.25) is 0 Å². The van der Waals surface area contributed by atoms with E-state index in [2.05, 4.69) is 27.5 Å². The quantitative estimate of drug-likeness (QED) is 0.120. The monoisotopic (exact) mass is 515 g/mol. The molecule has 1 radical (unpaired) electrons. The van der Waals surface area contributed by atoms with Gasteiger partial charge in [0.05, 0.1) is 19.7 Å². The van der Waals surface area contributed by atoms with Crippen molar-refractivity contribution >= 4 is 29.8 Å². The summed E-state index contributed by atoms with van der Waals surface area (Å²) in [4.78, 5) is 45.4. The number of nitrogens with zero attached hydrogens (tertiary/aromatic N) is 2. The molecule has 0 fully saturated rings. The number of ether oxygens (including phenoxy) is 1. The minimum absolute atomic E-state index is 0. The molecule has 0 aliphatic carbocycles. The summed E-state index contributed by atoms with van der Waals surface area (Å²) in [5.74, 6) is -1.40. The van der Waals surface area contributed by atoms with Crippen molar-refractivity contribution in [2.24, 2.45) is 21.5 Å². The van der Waals surface area contributed by atoms with E-state index in [0.717, 1.165) is 25.7 Å². The summed E-state index contributed by atoms with van der Waals surface area (Å²) in [6, 6.07) is -1.69. The molecule has 33 heavy (non-hydrogen) atoms. The summed E-state index contributed by atoms with van der Waals surface area (Å²) in [5, 5.41) is 5.34. The van der Waals surface area contributed by atoms with Crippen LogP contribution in [-0.2, 0) is 36.2 Å². The summed E-state index contributed by atoms with van der Waals surface area (Å²) < 4.78 is 5.42. The molecule has 0 unspecified atom stereocenters. The second kappa shape index (κ2) is 19.6. The molecule has 6 N–H and O–H groups in total. The summed E-state index contributed by atoms with van der Waals surface area (Å²) in [7, 11) is 0. The number of hydrogen-bond donors (Lipinski definition) is 4. The van der Waals surface area contributed by atoms with Crippen molar-refractivity contribution in [3.8, 4) is 0 Å². The summed E-state index contributed by atoms with van der Waals surface area (Å²) >= 11 is 0. The first-order valence-electron chi connectivity index (χ1n) is 11.7. The van der Waals surface area contributed by atoms with Gasteiger partial charge in [0.15, 0.2) is 0 Å². The second-order valence-corrected chi connectivity index (χ2v) is 7.96. The van der Waals surface area contributed by atoms with Crippen LogP contribution in [0.15, 0.2) is 9.98 Å². The number of carbonyl (C=O) groups excluding carboxylic acids is 3. The van der Waals surface area contributed by atoms with E-state index in [1.54, 1.807) is 0 Å². The fourth-order valence-electron chi connectivity index (χ4n) is 3.29. The molecule has 0 aromatic heterocycles. The molecule has 0 aromatic rings. The first kappa shape index (κ1) is 31.2. The summed E-state index contributed by atoms with van der Waals surface area (Å²) in [6.07, 6.45) is 9.97. The van der Waals surface area contributed by atoms with E-state index in [4.69, 9.17) is 16.2 Å². The Labute approximate surface area is 207 Å². The minimum Gasteiger partial charge on any atom is -0.464 e. The number of aliphatic imine (C=N–C) groups is 2. The van der Waals surface area contributed by atoms with Gasteiger partial charge in [0, 0.05) is 29.2 Å². The molecular weight excluding hydrogens is 476 g/mol. The van der Waals surface area contributed by atoms with Crippen LogP contribution in [0.1, 0.15) is 71.1 Å². The van der Waals surface area contributed by atoms with Crippen molar-refractivity contribution in [1.82, 2.24) is 10.6 Å². The topological polar surface area (TPSA) is 161 Å². The maximum Gasteiger partial charge on any atom is 0.328 e. The number of rotatable bonds is 18. The summed E-state index contributed by atoms with van der Waals surface area (Å²) in [5.41, 5.74) is 11.6. The standard InChI is InChI=1S/C22H40N6O4.Cu/c1-2-3-4-5-6-9-12-32-22(31)18(10-7-8-11-23)28-21(30)19(27-20(29)14-24)13-17-15-25-16-26-17;/h16,18-19H,2-15,23-24H2,1H3,(H,27,29)(H,28,30);/t18-,19-;/m0./s1. The molecule has 1 aliphatic rings. The molecule has 2 amide bonds. The van der Waals surface area contributed by atoms with Gasteiger partial charge >= 0.3 is 5.97 Å². The molecule has 0 saturated carbocycles. The third-order valence-electron chi connectivity index (χ3n) is 5.16. The van der Waals surface area contributed by atoms with Crippen molar-refractivity contribution in [2.45, 2.75) is 83.2 Å². The van der Waals surface area contributed by atoms with Gasteiger partial charge in [-0.15, -0.1) is 0 Å². The van der Waals surface area contributed by atoms with Gasteiger partial charge in [0.1, 0.15) is 18.4 Å². The Balaban J connectivity index is 0.0000102. The van der Waals surface area contributed by atoms with E-state index in [9.17, 15) is 14.4 Å². The molecule has 10 nitrogen and oxygen atoms in total. The zero-order chi connectivity index (χ0) is 23.6. The van der Waals surface area contributed by atoms with Crippen LogP contribution in [-0.4, -0.2) is 68.2 Å². The van der Waals surface area contributed by atoms with Gasteiger partial charge in [0.2, 0.25) is 11.8 Å². The van der Waals surface area contributed by atoms with Gasteiger partial charge < -0.3 is 26.8 Å². The third-order valence-corrected chi connectivity index (χ3v) is 5.16. The molecule has 1 aliphatic heterocycles. The number of esters is 1. The van der Waals surface area contributed by atoms with Gasteiger partial charge in [0.25, 0.3) is 0 Å². The van der Waals surface area contributed by atoms with Gasteiger partial charge in [-0.2, -0.15) is 0 Å². The second-order valence-electron chi connectivity index (χ2n) is 7.96. The molecule has 1 heterocycles. The molecular formula is C22H40CuN6O4. The van der Waals surface area contributed by atoms with Crippen LogP contribution in [0, 0.1) is 0 Å². The maximum atomic E-state index is 12.9. The average molecular weight is 516 g/mol. The Hall–Kier alpha value is -1.81. The molecule has 0 spiro atoms. The first-order chi connectivity index (χ1) is 15.5. The third kappa shape index (κ3) is 14.1. The van der Waals surface area contributed by atoms with E-state index in [-0.39, 0.29) is 30.0 Å². The van der Waals surface area contributed by atoms with Crippen LogP contribution < -0.4 is 22.1 Å². The molecule has 0 aromatic carbocycles. The van der Waals surface area contributed by atoms with E-state index < -0.39 is 29.9 Å². The molecule has 0 saturated heterocycles. The molecule has 193 valence electrons. The van der Waals surface area contributed by atoms with Crippen LogP contribution >= 0.6 is 0 Å². The van der Waals surface area contributed by atoms with Gasteiger partial charge in [-0.1, -0.05) is 39.0 Å².